The summed E-state index contributed by atoms with van der Waals surface area (Å²) in [5.74, 6) is 0.0238. The van der Waals surface area contributed by atoms with Crippen LogP contribution < -0.4 is 5.73 Å². The van der Waals surface area contributed by atoms with Crippen LogP contribution in [-0.2, 0) is 9.53 Å². The number of carbonyl (C=O) groups excluding carboxylic acids is 1. The van der Waals surface area contributed by atoms with Gasteiger partial charge in [-0.25, -0.2) is 0 Å². The molecule has 17 heavy (non-hydrogen) atoms. The Morgan fingerprint density at radius 2 is 2.12 bits per heavy atom. The van der Waals surface area contributed by atoms with E-state index in [1.165, 1.54) is 0 Å². The Morgan fingerprint density at radius 1 is 1.35 bits per heavy atom. The van der Waals surface area contributed by atoms with E-state index in [-0.39, 0.29) is 5.91 Å². The van der Waals surface area contributed by atoms with Gasteiger partial charge in [0.25, 0.3) is 0 Å². The van der Waals surface area contributed by atoms with Crippen LogP contribution in [0, 0.1) is 0 Å². The third-order valence-electron chi connectivity index (χ3n) is 2.65. The predicted octanol–water partition coefficient (Wildman–Crippen LogP) is 1.14. The van der Waals surface area contributed by atoms with Crippen molar-refractivity contribution < 1.29 is 9.53 Å². The standard InChI is InChI=1S/C13H16N2O2/c14-12-3-1-2-11(10-12)4-5-13(16)15-6-8-17-9-7-15/h1-5,10H,6-9,14H2/b5-4+. The lowest BCUT2D eigenvalue weighted by molar-refractivity contribution is -0.129. The first-order valence-electron chi connectivity index (χ1n) is 5.66. The van der Waals surface area contributed by atoms with Gasteiger partial charge in [0.05, 0.1) is 13.2 Å². The Morgan fingerprint density at radius 3 is 2.82 bits per heavy atom. The molecule has 0 spiro atoms. The third kappa shape index (κ3) is 3.32. The van der Waals surface area contributed by atoms with E-state index in [9.17, 15) is 4.79 Å². The highest BCUT2D eigenvalue weighted by Crippen LogP contribution is 2.08. The van der Waals surface area contributed by atoms with Crippen LogP contribution >= 0.6 is 0 Å². The van der Waals surface area contributed by atoms with Crippen molar-refractivity contribution in [1.29, 1.82) is 0 Å². The molecular weight excluding hydrogens is 216 g/mol. The number of nitrogen functional groups attached to an aromatic ring is 1. The van der Waals surface area contributed by atoms with Crippen molar-refractivity contribution in [3.63, 3.8) is 0 Å². The second-order valence-electron chi connectivity index (χ2n) is 3.94. The van der Waals surface area contributed by atoms with Crippen LogP contribution in [-0.4, -0.2) is 37.1 Å². The monoisotopic (exact) mass is 232 g/mol. The van der Waals surface area contributed by atoms with Crippen molar-refractivity contribution >= 4 is 17.7 Å². The molecule has 0 aliphatic carbocycles. The smallest absolute Gasteiger partial charge is 0.246 e. The molecule has 1 aromatic rings. The molecule has 0 radical (unpaired) electrons. The van der Waals surface area contributed by atoms with Crippen LogP contribution in [0.2, 0.25) is 0 Å². The van der Waals surface area contributed by atoms with E-state index in [1.807, 2.05) is 24.3 Å². The van der Waals surface area contributed by atoms with E-state index >= 15 is 0 Å². The fourth-order valence-corrected chi connectivity index (χ4v) is 1.72. The quantitative estimate of drug-likeness (QED) is 0.614. The maximum atomic E-state index is 11.8. The van der Waals surface area contributed by atoms with Crippen LogP contribution in [0.3, 0.4) is 0 Å². The Balaban J connectivity index is 1.97. The van der Waals surface area contributed by atoms with E-state index in [2.05, 4.69) is 0 Å². The Kier molecular flexibility index (Phi) is 3.77. The lowest BCUT2D eigenvalue weighted by atomic mass is 10.2. The van der Waals surface area contributed by atoms with Gasteiger partial charge in [-0.15, -0.1) is 0 Å². The molecule has 1 amide bonds. The molecule has 0 aromatic heterocycles. The minimum absolute atomic E-state index is 0.0238. The van der Waals surface area contributed by atoms with Gasteiger partial charge in [-0.3, -0.25) is 4.79 Å². The highest BCUT2D eigenvalue weighted by molar-refractivity contribution is 5.91. The van der Waals surface area contributed by atoms with Gasteiger partial charge in [0.2, 0.25) is 5.91 Å². The van der Waals surface area contributed by atoms with Crippen molar-refractivity contribution in [2.45, 2.75) is 0 Å². The molecule has 0 bridgehead atoms. The normalized spacial score (nSPS) is 16.4. The molecule has 1 aromatic carbocycles. The minimum atomic E-state index is 0.0238. The molecule has 4 heteroatoms. The van der Waals surface area contributed by atoms with Gasteiger partial charge in [0.15, 0.2) is 0 Å². The zero-order valence-electron chi connectivity index (χ0n) is 9.63. The fraction of sp³-hybridized carbons (Fsp3) is 0.308. The van der Waals surface area contributed by atoms with Gasteiger partial charge in [-0.1, -0.05) is 12.1 Å². The summed E-state index contributed by atoms with van der Waals surface area (Å²) in [5, 5.41) is 0. The summed E-state index contributed by atoms with van der Waals surface area (Å²) in [6.45, 7) is 2.58. The zero-order chi connectivity index (χ0) is 12.1. The molecule has 0 atom stereocenters. The Bertz CT molecular complexity index is 423. The predicted molar refractivity (Wildman–Crippen MR) is 67.3 cm³/mol. The topological polar surface area (TPSA) is 55.6 Å². The van der Waals surface area contributed by atoms with E-state index in [1.54, 1.807) is 17.1 Å². The summed E-state index contributed by atoms with van der Waals surface area (Å²) < 4.78 is 5.19. The number of hydrogen-bond acceptors (Lipinski definition) is 3. The van der Waals surface area contributed by atoms with E-state index in [0.29, 0.717) is 32.0 Å². The van der Waals surface area contributed by atoms with Crippen molar-refractivity contribution in [2.75, 3.05) is 32.0 Å². The number of hydrogen-bond donors (Lipinski definition) is 1. The van der Waals surface area contributed by atoms with Crippen LogP contribution in [0.15, 0.2) is 30.3 Å². The van der Waals surface area contributed by atoms with Crippen LogP contribution in [0.5, 0.6) is 0 Å². The average Bonchev–Trinajstić information content (AvgIpc) is 2.37. The summed E-state index contributed by atoms with van der Waals surface area (Å²) in [4.78, 5) is 13.6. The maximum Gasteiger partial charge on any atom is 0.246 e. The molecule has 0 saturated carbocycles. The van der Waals surface area contributed by atoms with Crippen LogP contribution in [0.25, 0.3) is 6.08 Å². The lowest BCUT2D eigenvalue weighted by Crippen LogP contribution is -2.39. The maximum absolute atomic E-state index is 11.8. The average molecular weight is 232 g/mol. The summed E-state index contributed by atoms with van der Waals surface area (Å²) in [6.07, 6.45) is 3.37. The molecule has 1 aliphatic rings. The largest absolute Gasteiger partial charge is 0.399 e. The second kappa shape index (κ2) is 5.50. The number of amides is 1. The molecule has 2 rings (SSSR count). The molecular formula is C13H16N2O2. The van der Waals surface area contributed by atoms with Gasteiger partial charge < -0.3 is 15.4 Å². The lowest BCUT2D eigenvalue weighted by Gasteiger charge is -2.25. The van der Waals surface area contributed by atoms with Crippen molar-refractivity contribution in [1.82, 2.24) is 4.90 Å². The Labute approximate surface area is 101 Å². The van der Waals surface area contributed by atoms with Gasteiger partial charge in [-0.2, -0.15) is 0 Å². The van der Waals surface area contributed by atoms with Crippen molar-refractivity contribution in [3.8, 4) is 0 Å². The Hall–Kier alpha value is -1.81. The van der Waals surface area contributed by atoms with Crippen molar-refractivity contribution in [3.05, 3.63) is 35.9 Å². The number of morpholine rings is 1. The summed E-state index contributed by atoms with van der Waals surface area (Å²) >= 11 is 0. The first-order chi connectivity index (χ1) is 8.25. The molecule has 1 heterocycles. The van der Waals surface area contributed by atoms with E-state index in [0.717, 1.165) is 5.56 Å². The first-order valence-corrected chi connectivity index (χ1v) is 5.66. The van der Waals surface area contributed by atoms with Crippen LogP contribution in [0.4, 0.5) is 5.69 Å². The molecule has 2 N–H and O–H groups in total. The summed E-state index contributed by atoms with van der Waals surface area (Å²) in [7, 11) is 0. The van der Waals surface area contributed by atoms with Crippen LogP contribution in [0.1, 0.15) is 5.56 Å². The first kappa shape index (κ1) is 11.7. The molecule has 1 saturated heterocycles. The fourth-order valence-electron chi connectivity index (χ4n) is 1.72. The highest BCUT2D eigenvalue weighted by Gasteiger charge is 2.13. The number of benzene rings is 1. The number of nitrogens with two attached hydrogens (primary N) is 1. The van der Waals surface area contributed by atoms with Gasteiger partial charge >= 0.3 is 0 Å². The van der Waals surface area contributed by atoms with Gasteiger partial charge in [0, 0.05) is 24.9 Å². The van der Waals surface area contributed by atoms with Gasteiger partial charge in [0.1, 0.15) is 0 Å². The number of anilines is 1. The highest BCUT2D eigenvalue weighted by atomic mass is 16.5. The number of rotatable bonds is 2. The molecule has 1 fully saturated rings. The minimum Gasteiger partial charge on any atom is -0.399 e. The van der Waals surface area contributed by atoms with Gasteiger partial charge in [-0.05, 0) is 23.8 Å². The number of carbonyl (C=O) groups is 1. The van der Waals surface area contributed by atoms with Crippen molar-refractivity contribution in [2.24, 2.45) is 0 Å². The second-order valence-corrected chi connectivity index (χ2v) is 3.94. The van der Waals surface area contributed by atoms with E-state index in [4.69, 9.17) is 10.5 Å². The molecule has 1 aliphatic heterocycles. The SMILES string of the molecule is Nc1cccc(/C=C/C(=O)N2CCOCC2)c1. The number of nitrogens with zero attached hydrogens (tertiary/aromatic N) is 1. The van der Waals surface area contributed by atoms with E-state index < -0.39 is 0 Å². The molecule has 4 nitrogen and oxygen atoms in total. The molecule has 90 valence electrons. The third-order valence-corrected chi connectivity index (χ3v) is 2.65. The number of ether oxygens (including phenoxy) is 1. The summed E-state index contributed by atoms with van der Waals surface area (Å²) in [6, 6.07) is 7.44. The summed E-state index contributed by atoms with van der Waals surface area (Å²) in [5.41, 5.74) is 7.30. The molecule has 0 unspecified atom stereocenters. The zero-order valence-corrected chi connectivity index (χ0v) is 9.63.